The summed E-state index contributed by atoms with van der Waals surface area (Å²) in [4.78, 5) is 19.4. The van der Waals surface area contributed by atoms with Gasteiger partial charge in [-0.3, -0.25) is 0 Å². The van der Waals surface area contributed by atoms with E-state index in [0.29, 0.717) is 28.6 Å². The number of benzene rings is 1. The first-order valence-electron chi connectivity index (χ1n) is 5.78. The van der Waals surface area contributed by atoms with Crippen molar-refractivity contribution in [2.45, 2.75) is 6.61 Å². The van der Waals surface area contributed by atoms with Crippen molar-refractivity contribution in [1.82, 2.24) is 4.98 Å². The molecule has 1 N–H and O–H groups in total. The fourth-order valence-electron chi connectivity index (χ4n) is 1.87. The molecule has 1 aromatic carbocycles. The predicted octanol–water partition coefficient (Wildman–Crippen LogP) is 2.46. The molecule has 6 nitrogen and oxygen atoms in total. The average molecular weight is 290 g/mol. The number of rotatable bonds is 3. The first-order valence-corrected chi connectivity index (χ1v) is 6.66. The van der Waals surface area contributed by atoms with Crippen LogP contribution in [0.5, 0.6) is 5.75 Å². The van der Waals surface area contributed by atoms with Crippen LogP contribution in [-0.4, -0.2) is 29.1 Å². The zero-order valence-corrected chi connectivity index (χ0v) is 11.1. The maximum Gasteiger partial charge on any atom is 0.335 e. The van der Waals surface area contributed by atoms with Crippen LogP contribution in [0.25, 0.3) is 0 Å². The van der Waals surface area contributed by atoms with Gasteiger partial charge in [0.1, 0.15) is 5.75 Å². The van der Waals surface area contributed by atoms with E-state index in [1.54, 1.807) is 18.5 Å². The molecule has 0 spiro atoms. The molecule has 2 heterocycles. The second-order valence-electron chi connectivity index (χ2n) is 4.04. The molecule has 1 aromatic heterocycles. The van der Waals surface area contributed by atoms with E-state index >= 15 is 0 Å². The Morgan fingerprint density at radius 3 is 3.15 bits per heavy atom. The molecule has 2 aromatic rings. The lowest BCUT2D eigenvalue weighted by Crippen LogP contribution is -2.14. The number of carboxylic acids is 1. The topological polar surface area (TPSA) is 81.0 Å². The number of thiazole rings is 1. The monoisotopic (exact) mass is 290 g/mol. The standard InChI is InChI=1S/C13H10N2O4S/c16-12(17)8-3-9(5-15-13-14-1-2-20-13)11-10(4-8)6-18-7-19-11/h1-5H,6-7H2,(H,16,17). The predicted molar refractivity (Wildman–Crippen MR) is 73.1 cm³/mol. The molecule has 0 bridgehead atoms. The Bertz CT molecular complexity index is 667. The first kappa shape index (κ1) is 12.8. The molecular formula is C13H10N2O4S. The molecule has 1 aliphatic heterocycles. The highest BCUT2D eigenvalue weighted by molar-refractivity contribution is 7.13. The quantitative estimate of drug-likeness (QED) is 0.878. The van der Waals surface area contributed by atoms with E-state index in [2.05, 4.69) is 9.98 Å². The second kappa shape index (κ2) is 5.40. The highest BCUT2D eigenvalue weighted by Gasteiger charge is 2.18. The summed E-state index contributed by atoms with van der Waals surface area (Å²) in [5.74, 6) is -0.385. The van der Waals surface area contributed by atoms with E-state index in [4.69, 9.17) is 14.6 Å². The molecule has 0 radical (unpaired) electrons. The lowest BCUT2D eigenvalue weighted by molar-refractivity contribution is -0.0165. The summed E-state index contributed by atoms with van der Waals surface area (Å²) < 4.78 is 10.6. The van der Waals surface area contributed by atoms with E-state index in [1.165, 1.54) is 17.4 Å². The summed E-state index contributed by atoms with van der Waals surface area (Å²) in [6.45, 7) is 0.478. The SMILES string of the molecule is O=C(O)c1cc(C=Nc2nccs2)c2c(c1)COCO2. The van der Waals surface area contributed by atoms with Crippen LogP contribution in [0.1, 0.15) is 21.5 Å². The van der Waals surface area contributed by atoms with Crippen molar-refractivity contribution >= 4 is 28.7 Å². The molecule has 20 heavy (non-hydrogen) atoms. The summed E-state index contributed by atoms with van der Waals surface area (Å²) in [5, 5.41) is 11.5. The molecule has 0 saturated heterocycles. The largest absolute Gasteiger partial charge is 0.478 e. The van der Waals surface area contributed by atoms with Gasteiger partial charge in [0.25, 0.3) is 0 Å². The Balaban J connectivity index is 2.03. The average Bonchev–Trinajstić information content (AvgIpc) is 2.97. The van der Waals surface area contributed by atoms with Gasteiger partial charge in [0.15, 0.2) is 6.79 Å². The van der Waals surface area contributed by atoms with Gasteiger partial charge >= 0.3 is 5.97 Å². The second-order valence-corrected chi connectivity index (χ2v) is 4.92. The lowest BCUT2D eigenvalue weighted by atomic mass is 10.0. The van der Waals surface area contributed by atoms with Crippen molar-refractivity contribution in [3.05, 3.63) is 40.4 Å². The smallest absolute Gasteiger partial charge is 0.335 e. The fraction of sp³-hybridized carbons (Fsp3) is 0.154. The molecular weight excluding hydrogens is 280 g/mol. The van der Waals surface area contributed by atoms with Gasteiger partial charge in [-0.05, 0) is 12.1 Å². The van der Waals surface area contributed by atoms with Crippen LogP contribution in [-0.2, 0) is 11.3 Å². The number of hydrogen-bond donors (Lipinski definition) is 1. The van der Waals surface area contributed by atoms with Crippen molar-refractivity contribution in [1.29, 1.82) is 0 Å². The van der Waals surface area contributed by atoms with Crippen molar-refractivity contribution in [2.75, 3.05) is 6.79 Å². The van der Waals surface area contributed by atoms with E-state index in [1.807, 2.05) is 5.38 Å². The highest BCUT2D eigenvalue weighted by atomic mass is 32.1. The first-order chi connectivity index (χ1) is 9.74. The molecule has 0 unspecified atom stereocenters. The van der Waals surface area contributed by atoms with Gasteiger partial charge in [0, 0.05) is 28.9 Å². The van der Waals surface area contributed by atoms with E-state index in [9.17, 15) is 4.79 Å². The maximum atomic E-state index is 11.1. The van der Waals surface area contributed by atoms with Crippen LogP contribution in [0.4, 0.5) is 5.13 Å². The number of carboxylic acid groups (broad SMARTS) is 1. The van der Waals surface area contributed by atoms with Gasteiger partial charge in [-0.15, -0.1) is 11.3 Å². The zero-order chi connectivity index (χ0) is 13.9. The van der Waals surface area contributed by atoms with Gasteiger partial charge in [0.05, 0.1) is 12.2 Å². The Morgan fingerprint density at radius 2 is 2.40 bits per heavy atom. The van der Waals surface area contributed by atoms with E-state index < -0.39 is 5.97 Å². The molecule has 0 amide bonds. The van der Waals surface area contributed by atoms with E-state index in [0.717, 1.165) is 0 Å². The third kappa shape index (κ3) is 2.54. The van der Waals surface area contributed by atoms with Gasteiger partial charge in [-0.2, -0.15) is 0 Å². The number of aromatic carboxylic acids is 1. The van der Waals surface area contributed by atoms with Gasteiger partial charge in [-0.1, -0.05) is 0 Å². The Labute approximate surface area is 118 Å². The molecule has 3 rings (SSSR count). The third-order valence-electron chi connectivity index (χ3n) is 2.72. The minimum atomic E-state index is -0.998. The van der Waals surface area contributed by atoms with Crippen LogP contribution in [0.15, 0.2) is 28.7 Å². The summed E-state index contributed by atoms with van der Waals surface area (Å²) >= 11 is 1.40. The minimum absolute atomic E-state index is 0.150. The van der Waals surface area contributed by atoms with Crippen molar-refractivity contribution in [3.8, 4) is 5.75 Å². The number of aliphatic imine (C=N–C) groups is 1. The number of fused-ring (bicyclic) bond motifs is 1. The highest BCUT2D eigenvalue weighted by Crippen LogP contribution is 2.29. The van der Waals surface area contributed by atoms with Crippen LogP contribution >= 0.6 is 11.3 Å². The molecule has 1 aliphatic rings. The number of aromatic nitrogens is 1. The molecule has 0 fully saturated rings. The zero-order valence-electron chi connectivity index (χ0n) is 10.3. The number of carbonyl (C=O) groups is 1. The number of nitrogens with zero attached hydrogens (tertiary/aromatic N) is 2. The molecule has 7 heteroatoms. The van der Waals surface area contributed by atoms with Crippen LogP contribution in [0, 0.1) is 0 Å². The molecule has 0 atom stereocenters. The van der Waals surface area contributed by atoms with Gasteiger partial charge in [0.2, 0.25) is 5.13 Å². The van der Waals surface area contributed by atoms with Crippen LogP contribution in [0.3, 0.4) is 0 Å². The molecule has 102 valence electrons. The van der Waals surface area contributed by atoms with Crippen molar-refractivity contribution in [2.24, 2.45) is 4.99 Å². The summed E-state index contributed by atoms with van der Waals surface area (Å²) in [6.07, 6.45) is 3.22. The molecule has 0 saturated carbocycles. The summed E-state index contributed by atoms with van der Waals surface area (Å²) in [7, 11) is 0. The lowest BCUT2D eigenvalue weighted by Gasteiger charge is -2.19. The fourth-order valence-corrected chi connectivity index (χ4v) is 2.35. The Kier molecular flexibility index (Phi) is 3.44. The number of hydrogen-bond acceptors (Lipinski definition) is 6. The third-order valence-corrected chi connectivity index (χ3v) is 3.40. The minimum Gasteiger partial charge on any atom is -0.478 e. The Morgan fingerprint density at radius 1 is 1.50 bits per heavy atom. The molecule has 0 aliphatic carbocycles. The van der Waals surface area contributed by atoms with E-state index in [-0.39, 0.29) is 12.4 Å². The summed E-state index contributed by atoms with van der Waals surface area (Å²) in [6, 6.07) is 3.08. The normalized spacial score (nSPS) is 14.0. The summed E-state index contributed by atoms with van der Waals surface area (Å²) in [5.41, 5.74) is 1.49. The number of ether oxygens (including phenoxy) is 2. The van der Waals surface area contributed by atoms with Crippen LogP contribution < -0.4 is 4.74 Å². The van der Waals surface area contributed by atoms with Crippen LogP contribution in [0.2, 0.25) is 0 Å². The van der Waals surface area contributed by atoms with Gasteiger partial charge < -0.3 is 14.6 Å². The van der Waals surface area contributed by atoms with Gasteiger partial charge in [-0.25, -0.2) is 14.8 Å². The van der Waals surface area contributed by atoms with Crippen molar-refractivity contribution in [3.63, 3.8) is 0 Å². The van der Waals surface area contributed by atoms with Crippen molar-refractivity contribution < 1.29 is 19.4 Å². The maximum absolute atomic E-state index is 11.1. The Hall–Kier alpha value is -2.25.